The summed E-state index contributed by atoms with van der Waals surface area (Å²) in [4.78, 5) is 138. The summed E-state index contributed by atoms with van der Waals surface area (Å²) in [5.74, 6) is -5.13. The largest absolute Gasteiger partial charge is 0.395 e. The van der Waals surface area contributed by atoms with E-state index < -0.39 is 94.1 Å². The van der Waals surface area contributed by atoms with Crippen LogP contribution in [0, 0.1) is 17.8 Å². The SMILES string of the molecule is CCCCCCCC[C@H](NC(=O)C(C)(C)NC(=O)C(C)(C)NC(=O)[C@H](CC1CC1)NC(=O)[C@@H]1CCCN1C(=O)CCC)C(=O)N[C@@H](CC(C)C)C(=O)NC(C)(C)C(=O)N[C@@H](CC(C)C)C(=O)NCCC(=O)N[C@@H](C)CNCCO. The molecule has 1 saturated heterocycles. The van der Waals surface area contributed by atoms with Gasteiger partial charge in [-0.1, -0.05) is 92.9 Å². The first-order valence-corrected chi connectivity index (χ1v) is 29.4. The first-order valence-electron chi connectivity index (χ1n) is 29.4. The standard InChI is InChI=1S/C57H103N11O11/c1-14-16-17-18-19-20-23-40(63-53(78)56(10,11)67-54(79)57(12,13)66-50(75)43(34-39-25-26-39)62-51(76)44-24-21-30-68(44)46(71)22-15-2)48(73)61-42(33-37(5)6)49(74)65-55(8,9)52(77)64-41(32-36(3)4)47(72)59-28-27-45(70)60-38(7)35-58-29-31-69/h36-44,58,69H,14-35H2,1-13H3,(H,59,72)(H,60,70)(H,61,73)(H,62,76)(H,63,78)(H,64,77)(H,65,74)(H,66,75)(H,67,79)/t38-,40-,41-,42-,43-,44-/m0/s1. The molecule has 6 atom stereocenters. The molecule has 2 rings (SSSR count). The second-order valence-electron chi connectivity index (χ2n) is 24.4. The van der Waals surface area contributed by atoms with Crippen molar-refractivity contribution >= 4 is 59.1 Å². The quantitative estimate of drug-likeness (QED) is 0.0398. The van der Waals surface area contributed by atoms with E-state index in [0.29, 0.717) is 58.2 Å². The lowest BCUT2D eigenvalue weighted by atomic mass is 9.96. The van der Waals surface area contributed by atoms with Crippen molar-refractivity contribution in [3.63, 3.8) is 0 Å². The van der Waals surface area contributed by atoms with Gasteiger partial charge in [0, 0.05) is 45.1 Å². The van der Waals surface area contributed by atoms with Crippen molar-refractivity contribution in [1.82, 2.24) is 58.1 Å². The normalized spacial score (nSPS) is 16.7. The van der Waals surface area contributed by atoms with E-state index in [-0.39, 0.29) is 74.4 Å². The van der Waals surface area contributed by atoms with E-state index in [4.69, 9.17) is 5.11 Å². The molecular formula is C57H103N11O11. The lowest BCUT2D eigenvalue weighted by molar-refractivity contribution is -0.141. The molecule has 452 valence electrons. The molecule has 0 spiro atoms. The van der Waals surface area contributed by atoms with Crippen LogP contribution < -0.4 is 53.2 Å². The van der Waals surface area contributed by atoms with Crippen LogP contribution >= 0.6 is 0 Å². The van der Waals surface area contributed by atoms with Crippen molar-refractivity contribution in [1.29, 1.82) is 0 Å². The Morgan fingerprint density at radius 2 is 1.10 bits per heavy atom. The molecule has 0 aromatic carbocycles. The first kappa shape index (κ1) is 69.7. The van der Waals surface area contributed by atoms with Gasteiger partial charge in [-0.25, -0.2) is 0 Å². The summed E-state index contributed by atoms with van der Waals surface area (Å²) in [7, 11) is 0. The number of aliphatic hydroxyl groups is 1. The van der Waals surface area contributed by atoms with Crippen LogP contribution in [0.5, 0.6) is 0 Å². The monoisotopic (exact) mass is 1120 g/mol. The molecule has 0 aromatic heterocycles. The number of carbonyl (C=O) groups is 10. The average Bonchev–Trinajstić information content (AvgIpc) is 4.04. The molecule has 1 heterocycles. The molecule has 0 radical (unpaired) electrons. The van der Waals surface area contributed by atoms with Gasteiger partial charge in [0.25, 0.3) is 0 Å². The van der Waals surface area contributed by atoms with Crippen LogP contribution in [0.1, 0.15) is 199 Å². The van der Waals surface area contributed by atoms with Gasteiger partial charge in [0.15, 0.2) is 0 Å². The minimum absolute atomic E-state index is 0.00339. The van der Waals surface area contributed by atoms with E-state index >= 15 is 0 Å². The highest BCUT2D eigenvalue weighted by atomic mass is 16.3. The van der Waals surface area contributed by atoms with Gasteiger partial charge < -0.3 is 63.2 Å². The Morgan fingerprint density at radius 1 is 0.557 bits per heavy atom. The number of nitrogens with zero attached hydrogens (tertiary/aromatic N) is 1. The number of carbonyl (C=O) groups excluding carboxylic acids is 10. The van der Waals surface area contributed by atoms with E-state index in [1.807, 2.05) is 41.5 Å². The minimum atomic E-state index is -1.62. The Hall–Kier alpha value is -5.38. The zero-order valence-corrected chi connectivity index (χ0v) is 50.2. The summed E-state index contributed by atoms with van der Waals surface area (Å²) in [6.07, 6.45) is 10.3. The fourth-order valence-corrected chi connectivity index (χ4v) is 9.25. The molecule has 0 aromatic rings. The lowest BCUT2D eigenvalue weighted by Gasteiger charge is -2.34. The highest BCUT2D eigenvalue weighted by Crippen LogP contribution is 2.34. The molecule has 0 bridgehead atoms. The van der Waals surface area contributed by atoms with Gasteiger partial charge in [-0.05, 0) is 111 Å². The molecule has 22 heteroatoms. The van der Waals surface area contributed by atoms with Gasteiger partial charge in [-0.2, -0.15) is 0 Å². The third kappa shape index (κ3) is 25.7. The topological polar surface area (TPSA) is 314 Å². The number of unbranched alkanes of at least 4 members (excludes halogenated alkanes) is 5. The van der Waals surface area contributed by atoms with Crippen LogP contribution in [0.3, 0.4) is 0 Å². The maximum absolute atomic E-state index is 14.4. The molecule has 0 unspecified atom stereocenters. The van der Waals surface area contributed by atoms with Crippen LogP contribution in [0.2, 0.25) is 0 Å². The summed E-state index contributed by atoms with van der Waals surface area (Å²) in [5.41, 5.74) is -4.78. The van der Waals surface area contributed by atoms with Crippen molar-refractivity contribution in [2.45, 2.75) is 252 Å². The van der Waals surface area contributed by atoms with Crippen LogP contribution in [0.15, 0.2) is 0 Å². The third-order valence-electron chi connectivity index (χ3n) is 14.2. The lowest BCUT2D eigenvalue weighted by Crippen LogP contribution is -2.66. The molecule has 10 amide bonds. The van der Waals surface area contributed by atoms with Crippen molar-refractivity contribution < 1.29 is 53.1 Å². The predicted octanol–water partition coefficient (Wildman–Crippen LogP) is 2.64. The molecule has 2 fully saturated rings. The van der Waals surface area contributed by atoms with E-state index in [1.165, 1.54) is 41.5 Å². The highest BCUT2D eigenvalue weighted by molar-refractivity contribution is 6.00. The Morgan fingerprint density at radius 3 is 1.67 bits per heavy atom. The van der Waals surface area contributed by atoms with Gasteiger partial charge in [0.05, 0.1) is 6.61 Å². The molecule has 11 N–H and O–H groups in total. The molecule has 1 aliphatic carbocycles. The summed E-state index contributed by atoms with van der Waals surface area (Å²) >= 11 is 0. The van der Waals surface area contributed by atoms with E-state index in [2.05, 4.69) is 60.1 Å². The molecule has 2 aliphatic rings. The van der Waals surface area contributed by atoms with E-state index in [0.717, 1.165) is 44.9 Å². The zero-order valence-electron chi connectivity index (χ0n) is 50.2. The molecule has 79 heavy (non-hydrogen) atoms. The fraction of sp³-hybridized carbons (Fsp3) is 0.825. The molecule has 22 nitrogen and oxygen atoms in total. The Bertz CT molecular complexity index is 2030. The minimum Gasteiger partial charge on any atom is -0.395 e. The van der Waals surface area contributed by atoms with Gasteiger partial charge >= 0.3 is 0 Å². The summed E-state index contributed by atoms with van der Waals surface area (Å²) in [6.45, 7) is 23.5. The van der Waals surface area contributed by atoms with Crippen molar-refractivity contribution in [2.75, 3.05) is 32.8 Å². The molecule has 1 aliphatic heterocycles. The Balaban J connectivity index is 2.22. The summed E-state index contributed by atoms with van der Waals surface area (Å²) in [6, 6.07) is -5.13. The average molecular weight is 1120 g/mol. The number of nitrogens with one attached hydrogen (secondary N) is 10. The maximum Gasteiger partial charge on any atom is 0.246 e. The fourth-order valence-electron chi connectivity index (χ4n) is 9.25. The molecule has 1 saturated carbocycles. The van der Waals surface area contributed by atoms with Crippen LogP contribution in [0.4, 0.5) is 0 Å². The predicted molar refractivity (Wildman–Crippen MR) is 303 cm³/mol. The van der Waals surface area contributed by atoms with Crippen LogP contribution in [-0.2, 0) is 47.9 Å². The highest BCUT2D eigenvalue weighted by Gasteiger charge is 2.43. The number of aliphatic hydroxyl groups excluding tert-OH is 1. The summed E-state index contributed by atoms with van der Waals surface area (Å²) in [5, 5.41) is 37.1. The second-order valence-corrected chi connectivity index (χ2v) is 24.4. The number of hydrogen-bond acceptors (Lipinski definition) is 12. The van der Waals surface area contributed by atoms with Crippen LogP contribution in [-0.4, -0.2) is 155 Å². The van der Waals surface area contributed by atoms with Crippen molar-refractivity contribution in [3.05, 3.63) is 0 Å². The van der Waals surface area contributed by atoms with Gasteiger partial charge in [0.2, 0.25) is 59.1 Å². The smallest absolute Gasteiger partial charge is 0.246 e. The Kier molecular flexibility index (Phi) is 30.0. The molecular weight excluding hydrogens is 1010 g/mol. The van der Waals surface area contributed by atoms with E-state index in [1.54, 1.807) is 4.90 Å². The maximum atomic E-state index is 14.4. The van der Waals surface area contributed by atoms with Crippen molar-refractivity contribution in [3.8, 4) is 0 Å². The summed E-state index contributed by atoms with van der Waals surface area (Å²) < 4.78 is 0. The second kappa shape index (κ2) is 34.0. The first-order chi connectivity index (χ1) is 37.0. The number of hydrogen-bond donors (Lipinski definition) is 11. The third-order valence-corrected chi connectivity index (χ3v) is 14.2. The van der Waals surface area contributed by atoms with Crippen LogP contribution in [0.25, 0.3) is 0 Å². The van der Waals surface area contributed by atoms with Gasteiger partial charge in [0.1, 0.15) is 46.8 Å². The Labute approximate surface area is 471 Å². The number of rotatable bonds is 38. The van der Waals surface area contributed by atoms with Gasteiger partial charge in [-0.3, -0.25) is 47.9 Å². The number of amides is 10. The van der Waals surface area contributed by atoms with Crippen molar-refractivity contribution in [2.24, 2.45) is 17.8 Å². The number of likely N-dealkylation sites (tertiary alicyclic amines) is 1. The zero-order chi connectivity index (χ0) is 59.7. The van der Waals surface area contributed by atoms with E-state index in [9.17, 15) is 47.9 Å². The van der Waals surface area contributed by atoms with Gasteiger partial charge in [-0.15, -0.1) is 0 Å².